The van der Waals surface area contributed by atoms with E-state index in [0.717, 1.165) is 28.4 Å². The molecule has 138 valence electrons. The van der Waals surface area contributed by atoms with E-state index in [4.69, 9.17) is 4.42 Å². The largest absolute Gasteiger partial charge is 0.465 e. The van der Waals surface area contributed by atoms with Crippen LogP contribution in [0.25, 0.3) is 16.9 Å². The highest BCUT2D eigenvalue weighted by Crippen LogP contribution is 2.26. The van der Waals surface area contributed by atoms with Crippen LogP contribution < -0.4 is 5.32 Å². The molecule has 0 spiro atoms. The van der Waals surface area contributed by atoms with Crippen molar-refractivity contribution in [2.24, 2.45) is 0 Å². The Morgan fingerprint density at radius 1 is 1.19 bits per heavy atom. The average molecular weight is 362 g/mol. The molecule has 0 aliphatic carbocycles. The molecular formula is C21H22N4O2. The maximum atomic E-state index is 12.8. The molecule has 0 radical (unpaired) electrons. The molecule has 4 aromatic rings. The quantitative estimate of drug-likeness (QED) is 0.578. The first-order valence-corrected chi connectivity index (χ1v) is 9.02. The number of aromatic nitrogens is 3. The number of aryl methyl sites for hydroxylation is 1. The van der Waals surface area contributed by atoms with Crippen LogP contribution in [-0.2, 0) is 6.54 Å². The van der Waals surface area contributed by atoms with Gasteiger partial charge in [0.15, 0.2) is 0 Å². The van der Waals surface area contributed by atoms with Crippen molar-refractivity contribution in [3.63, 3.8) is 0 Å². The van der Waals surface area contributed by atoms with Crippen LogP contribution in [0, 0.1) is 6.92 Å². The molecule has 6 nitrogen and oxygen atoms in total. The summed E-state index contributed by atoms with van der Waals surface area (Å²) < 4.78 is 9.44. The Bertz CT molecular complexity index is 1100. The van der Waals surface area contributed by atoms with Gasteiger partial charge in [0.05, 0.1) is 23.3 Å². The van der Waals surface area contributed by atoms with Gasteiger partial charge in [-0.2, -0.15) is 5.10 Å². The lowest BCUT2D eigenvalue weighted by Crippen LogP contribution is -2.22. The van der Waals surface area contributed by atoms with Crippen molar-refractivity contribution in [2.45, 2.75) is 33.4 Å². The van der Waals surface area contributed by atoms with Crippen LogP contribution in [-0.4, -0.2) is 20.1 Å². The lowest BCUT2D eigenvalue weighted by Gasteiger charge is -2.04. The van der Waals surface area contributed by atoms with Crippen LogP contribution in [0.5, 0.6) is 0 Å². The molecule has 4 aromatic heterocycles. The summed E-state index contributed by atoms with van der Waals surface area (Å²) in [6, 6.07) is 13.7. The molecule has 0 atom stereocenters. The predicted octanol–water partition coefficient (Wildman–Crippen LogP) is 4.22. The number of fused-ring (bicyclic) bond motifs is 1. The summed E-state index contributed by atoms with van der Waals surface area (Å²) in [5, 5.41) is 7.59. The van der Waals surface area contributed by atoms with E-state index in [-0.39, 0.29) is 11.9 Å². The van der Waals surface area contributed by atoms with Crippen LogP contribution >= 0.6 is 0 Å². The van der Waals surface area contributed by atoms with Crippen molar-refractivity contribution in [1.82, 2.24) is 19.5 Å². The predicted molar refractivity (Wildman–Crippen MR) is 104 cm³/mol. The Kier molecular flexibility index (Phi) is 4.32. The van der Waals surface area contributed by atoms with E-state index < -0.39 is 0 Å². The third-order valence-electron chi connectivity index (χ3n) is 4.54. The molecule has 27 heavy (non-hydrogen) atoms. The van der Waals surface area contributed by atoms with Crippen LogP contribution in [0.3, 0.4) is 0 Å². The van der Waals surface area contributed by atoms with Crippen molar-refractivity contribution in [3.8, 4) is 11.4 Å². The van der Waals surface area contributed by atoms with E-state index in [2.05, 4.69) is 24.3 Å². The molecule has 6 heteroatoms. The Morgan fingerprint density at radius 3 is 2.74 bits per heavy atom. The summed E-state index contributed by atoms with van der Waals surface area (Å²) in [6.45, 7) is 6.41. The van der Waals surface area contributed by atoms with Crippen molar-refractivity contribution in [1.29, 1.82) is 0 Å². The highest BCUT2D eigenvalue weighted by molar-refractivity contribution is 6.02. The molecule has 0 bridgehead atoms. The molecule has 0 saturated carbocycles. The number of hydrogen-bond donors (Lipinski definition) is 1. The van der Waals surface area contributed by atoms with E-state index in [1.165, 1.54) is 0 Å². The van der Waals surface area contributed by atoms with Gasteiger partial charge in [0.25, 0.3) is 5.91 Å². The summed E-state index contributed by atoms with van der Waals surface area (Å²) in [5.74, 6) is 1.43. The van der Waals surface area contributed by atoms with Gasteiger partial charge >= 0.3 is 0 Å². The zero-order valence-corrected chi connectivity index (χ0v) is 15.6. The standard InChI is InChI=1S/C21H22N4O2/c1-14(2)25-11-9-18(23-25)20-12-17(19-6-4-5-10-24(19)20)21(26)22-13-16-8-7-15(3)27-16/h4-12,14H,13H2,1-3H3,(H,22,26). The minimum atomic E-state index is -0.137. The number of pyridine rings is 1. The summed E-state index contributed by atoms with van der Waals surface area (Å²) in [5.41, 5.74) is 3.20. The number of nitrogens with zero attached hydrogens (tertiary/aromatic N) is 3. The van der Waals surface area contributed by atoms with E-state index >= 15 is 0 Å². The first-order chi connectivity index (χ1) is 13.0. The molecule has 4 rings (SSSR count). The molecule has 0 aliphatic heterocycles. The SMILES string of the molecule is Cc1ccc(CNC(=O)c2cc(-c3ccn(C(C)C)n3)n3ccccc23)o1. The number of rotatable bonds is 5. The van der Waals surface area contributed by atoms with Gasteiger partial charge in [-0.25, -0.2) is 0 Å². The third kappa shape index (κ3) is 3.26. The number of carbonyl (C=O) groups is 1. The van der Waals surface area contributed by atoms with E-state index in [0.29, 0.717) is 12.1 Å². The summed E-state index contributed by atoms with van der Waals surface area (Å²) in [7, 11) is 0. The van der Waals surface area contributed by atoms with Crippen molar-refractivity contribution < 1.29 is 9.21 Å². The van der Waals surface area contributed by atoms with Gasteiger partial charge in [0.2, 0.25) is 0 Å². The first kappa shape index (κ1) is 17.1. The van der Waals surface area contributed by atoms with Gasteiger partial charge in [0, 0.05) is 18.4 Å². The fourth-order valence-corrected chi connectivity index (χ4v) is 3.14. The lowest BCUT2D eigenvalue weighted by atomic mass is 10.2. The topological polar surface area (TPSA) is 64.5 Å². The van der Waals surface area contributed by atoms with Crippen LogP contribution in [0.1, 0.15) is 41.8 Å². The van der Waals surface area contributed by atoms with Crippen molar-refractivity contribution in [3.05, 3.63) is 71.9 Å². The number of furan rings is 1. The smallest absolute Gasteiger partial charge is 0.253 e. The van der Waals surface area contributed by atoms with Gasteiger partial charge in [0.1, 0.15) is 17.2 Å². The number of nitrogens with one attached hydrogen (secondary N) is 1. The lowest BCUT2D eigenvalue weighted by molar-refractivity contribution is 0.0949. The van der Waals surface area contributed by atoms with Gasteiger partial charge < -0.3 is 14.1 Å². The number of hydrogen-bond acceptors (Lipinski definition) is 3. The molecular weight excluding hydrogens is 340 g/mol. The zero-order chi connectivity index (χ0) is 19.0. The first-order valence-electron chi connectivity index (χ1n) is 9.02. The molecule has 0 saturated heterocycles. The second-order valence-electron chi connectivity index (χ2n) is 6.87. The van der Waals surface area contributed by atoms with Gasteiger partial charge in [-0.15, -0.1) is 0 Å². The molecule has 0 aromatic carbocycles. The Hall–Kier alpha value is -3.28. The monoisotopic (exact) mass is 362 g/mol. The molecule has 0 fully saturated rings. The van der Waals surface area contributed by atoms with Gasteiger partial charge in [-0.1, -0.05) is 6.07 Å². The Labute approximate surface area is 157 Å². The van der Waals surface area contributed by atoms with Gasteiger partial charge in [-0.3, -0.25) is 9.48 Å². The summed E-state index contributed by atoms with van der Waals surface area (Å²) in [4.78, 5) is 12.8. The second kappa shape index (κ2) is 6.79. The molecule has 0 aliphatic rings. The minimum Gasteiger partial charge on any atom is -0.465 e. The van der Waals surface area contributed by atoms with Gasteiger partial charge in [-0.05, 0) is 57.2 Å². The fourth-order valence-electron chi connectivity index (χ4n) is 3.14. The zero-order valence-electron chi connectivity index (χ0n) is 15.6. The molecule has 1 N–H and O–H groups in total. The second-order valence-corrected chi connectivity index (χ2v) is 6.87. The van der Waals surface area contributed by atoms with Crippen molar-refractivity contribution in [2.75, 3.05) is 0 Å². The average Bonchev–Trinajstić information content (AvgIpc) is 3.37. The summed E-state index contributed by atoms with van der Waals surface area (Å²) in [6.07, 6.45) is 3.91. The minimum absolute atomic E-state index is 0.137. The maximum absolute atomic E-state index is 12.8. The number of amides is 1. The van der Waals surface area contributed by atoms with E-state index in [1.54, 1.807) is 0 Å². The highest BCUT2D eigenvalue weighted by atomic mass is 16.3. The maximum Gasteiger partial charge on any atom is 0.253 e. The van der Waals surface area contributed by atoms with Crippen LogP contribution in [0.4, 0.5) is 0 Å². The van der Waals surface area contributed by atoms with E-state index in [1.807, 2.05) is 70.9 Å². The Balaban J connectivity index is 1.67. The fraction of sp³-hybridized carbons (Fsp3) is 0.238. The highest BCUT2D eigenvalue weighted by Gasteiger charge is 2.18. The third-order valence-corrected chi connectivity index (χ3v) is 4.54. The van der Waals surface area contributed by atoms with Crippen LogP contribution in [0.2, 0.25) is 0 Å². The molecule has 0 unspecified atom stereocenters. The molecule has 4 heterocycles. The Morgan fingerprint density at radius 2 is 2.04 bits per heavy atom. The summed E-state index contributed by atoms with van der Waals surface area (Å²) >= 11 is 0. The van der Waals surface area contributed by atoms with Crippen LogP contribution in [0.15, 0.2) is 59.3 Å². The van der Waals surface area contributed by atoms with E-state index in [9.17, 15) is 4.79 Å². The molecule has 1 amide bonds. The number of carbonyl (C=O) groups excluding carboxylic acids is 1. The van der Waals surface area contributed by atoms with Crippen molar-refractivity contribution >= 4 is 11.4 Å². The normalized spacial score (nSPS) is 11.4.